The highest BCUT2D eigenvalue weighted by Crippen LogP contribution is 2.31. The Labute approximate surface area is 139 Å². The van der Waals surface area contributed by atoms with Crippen LogP contribution in [0.5, 0.6) is 5.75 Å². The topological polar surface area (TPSA) is 38.8 Å². The fourth-order valence-corrected chi connectivity index (χ4v) is 2.44. The number of ether oxygens (including phenoxy) is 2. The number of benzene rings is 1. The number of amides is 1. The summed E-state index contributed by atoms with van der Waals surface area (Å²) in [6.07, 6.45) is -4.03. The maximum Gasteiger partial charge on any atom is 0.416 e. The molecule has 1 fully saturated rings. The van der Waals surface area contributed by atoms with Gasteiger partial charge in [0, 0.05) is 19.0 Å². The molecule has 1 saturated heterocycles. The van der Waals surface area contributed by atoms with Gasteiger partial charge in [-0.05, 0) is 45.4 Å². The van der Waals surface area contributed by atoms with Gasteiger partial charge < -0.3 is 14.4 Å². The zero-order valence-corrected chi connectivity index (χ0v) is 14.0. The lowest BCUT2D eigenvalue weighted by molar-refractivity contribution is -0.137. The zero-order chi connectivity index (χ0) is 18.0. The number of alkyl halides is 3. The predicted molar refractivity (Wildman–Crippen MR) is 82.9 cm³/mol. The summed E-state index contributed by atoms with van der Waals surface area (Å²) in [6, 6.07) is 4.81. The predicted octanol–water partition coefficient (Wildman–Crippen LogP) is 4.34. The molecule has 1 heterocycles. The zero-order valence-electron chi connectivity index (χ0n) is 14.0. The molecule has 1 aliphatic heterocycles. The second kappa shape index (κ2) is 6.91. The van der Waals surface area contributed by atoms with E-state index < -0.39 is 17.3 Å². The Morgan fingerprint density at radius 3 is 2.62 bits per heavy atom. The summed E-state index contributed by atoms with van der Waals surface area (Å²) in [5.41, 5.74) is -1.29. The van der Waals surface area contributed by atoms with Crippen molar-refractivity contribution in [3.8, 4) is 5.75 Å². The van der Waals surface area contributed by atoms with Gasteiger partial charge in [0.15, 0.2) is 0 Å². The summed E-state index contributed by atoms with van der Waals surface area (Å²) < 4.78 is 48.8. The Balaban J connectivity index is 1.85. The number of likely N-dealkylation sites (tertiary alicyclic amines) is 1. The van der Waals surface area contributed by atoms with Crippen molar-refractivity contribution in [1.29, 1.82) is 0 Å². The van der Waals surface area contributed by atoms with Crippen molar-refractivity contribution in [2.75, 3.05) is 19.7 Å². The Kier molecular flexibility index (Phi) is 5.30. The van der Waals surface area contributed by atoms with Crippen molar-refractivity contribution in [3.63, 3.8) is 0 Å². The van der Waals surface area contributed by atoms with E-state index >= 15 is 0 Å². The van der Waals surface area contributed by atoms with E-state index in [1.54, 1.807) is 25.7 Å². The Morgan fingerprint density at radius 2 is 2.00 bits per heavy atom. The molecule has 0 unspecified atom stereocenters. The Bertz CT molecular complexity index is 581. The monoisotopic (exact) mass is 345 g/mol. The molecule has 4 nitrogen and oxygen atoms in total. The van der Waals surface area contributed by atoms with E-state index in [-0.39, 0.29) is 24.4 Å². The second-order valence-electron chi connectivity index (χ2n) is 6.92. The normalized spacial score (nSPS) is 18.6. The van der Waals surface area contributed by atoms with E-state index in [1.165, 1.54) is 12.1 Å². The van der Waals surface area contributed by atoms with Gasteiger partial charge in [-0.3, -0.25) is 0 Å². The maximum atomic E-state index is 12.7. The first-order valence-electron chi connectivity index (χ1n) is 7.82. The van der Waals surface area contributed by atoms with Crippen LogP contribution in [0.1, 0.15) is 32.8 Å². The molecule has 0 spiro atoms. The van der Waals surface area contributed by atoms with Gasteiger partial charge in [0.2, 0.25) is 0 Å². The van der Waals surface area contributed by atoms with E-state index in [0.717, 1.165) is 18.6 Å². The smallest absolute Gasteiger partial charge is 0.416 e. The number of nitrogens with zero attached hydrogens (tertiary/aromatic N) is 1. The summed E-state index contributed by atoms with van der Waals surface area (Å²) in [7, 11) is 0. The van der Waals surface area contributed by atoms with Crippen molar-refractivity contribution in [1.82, 2.24) is 4.90 Å². The quantitative estimate of drug-likeness (QED) is 0.818. The van der Waals surface area contributed by atoms with Gasteiger partial charge in [-0.25, -0.2) is 4.79 Å². The Hall–Kier alpha value is -1.92. The van der Waals surface area contributed by atoms with E-state index in [2.05, 4.69) is 0 Å². The fourth-order valence-electron chi connectivity index (χ4n) is 2.44. The van der Waals surface area contributed by atoms with Gasteiger partial charge in [0.25, 0.3) is 0 Å². The third-order valence-electron chi connectivity index (χ3n) is 3.58. The Morgan fingerprint density at radius 1 is 1.29 bits per heavy atom. The van der Waals surface area contributed by atoms with Gasteiger partial charge in [-0.1, -0.05) is 6.07 Å². The number of halogens is 3. The van der Waals surface area contributed by atoms with Crippen LogP contribution in [0.3, 0.4) is 0 Å². The van der Waals surface area contributed by atoms with Crippen LogP contribution in [-0.2, 0) is 10.9 Å². The van der Waals surface area contributed by atoms with Crippen LogP contribution >= 0.6 is 0 Å². The average molecular weight is 345 g/mol. The third kappa shape index (κ3) is 5.32. The number of hydrogen-bond acceptors (Lipinski definition) is 3. The fraction of sp³-hybridized carbons (Fsp3) is 0.588. The first-order valence-corrected chi connectivity index (χ1v) is 7.82. The van der Waals surface area contributed by atoms with E-state index in [4.69, 9.17) is 9.47 Å². The summed E-state index contributed by atoms with van der Waals surface area (Å²) in [6.45, 7) is 6.71. The molecule has 0 aromatic heterocycles. The molecule has 1 atom stereocenters. The van der Waals surface area contributed by atoms with Crippen molar-refractivity contribution in [2.45, 2.75) is 39.0 Å². The minimum atomic E-state index is -4.39. The third-order valence-corrected chi connectivity index (χ3v) is 3.58. The molecule has 0 aliphatic carbocycles. The average Bonchev–Trinajstić information content (AvgIpc) is 2.92. The first kappa shape index (κ1) is 18.4. The lowest BCUT2D eigenvalue weighted by atomic mass is 10.1. The van der Waals surface area contributed by atoms with Gasteiger partial charge in [-0.15, -0.1) is 0 Å². The SMILES string of the molecule is CC(C)(C)OC(=O)N1CC[C@@H](COc2cccc(C(F)(F)F)c2)C1. The molecule has 134 valence electrons. The lowest BCUT2D eigenvalue weighted by Gasteiger charge is -2.24. The largest absolute Gasteiger partial charge is 0.493 e. The molecular weight excluding hydrogens is 323 g/mol. The van der Waals surface area contributed by atoms with Crippen LogP contribution in [0.25, 0.3) is 0 Å². The van der Waals surface area contributed by atoms with Crippen LogP contribution in [0.15, 0.2) is 24.3 Å². The molecule has 24 heavy (non-hydrogen) atoms. The minimum absolute atomic E-state index is 0.0760. The summed E-state index contributed by atoms with van der Waals surface area (Å²) in [4.78, 5) is 13.6. The van der Waals surface area contributed by atoms with Crippen molar-refractivity contribution in [3.05, 3.63) is 29.8 Å². The highest BCUT2D eigenvalue weighted by Gasteiger charge is 2.32. The molecular formula is C17H22F3NO3. The molecule has 0 saturated carbocycles. The molecule has 2 rings (SSSR count). The molecule has 0 N–H and O–H groups in total. The second-order valence-corrected chi connectivity index (χ2v) is 6.92. The van der Waals surface area contributed by atoms with Crippen LogP contribution in [-0.4, -0.2) is 36.3 Å². The molecule has 0 radical (unpaired) electrons. The van der Waals surface area contributed by atoms with Crippen LogP contribution in [0.2, 0.25) is 0 Å². The lowest BCUT2D eigenvalue weighted by Crippen LogP contribution is -2.35. The number of hydrogen-bond donors (Lipinski definition) is 0. The first-order chi connectivity index (χ1) is 11.0. The molecule has 0 bridgehead atoms. The standard InChI is InChI=1S/C17H22F3NO3/c1-16(2,3)24-15(22)21-8-7-12(10-21)11-23-14-6-4-5-13(9-14)17(18,19)20/h4-6,9,12H,7-8,10-11H2,1-3H3/t12-/m1/s1. The van der Waals surface area contributed by atoms with Gasteiger partial charge in [-0.2, -0.15) is 13.2 Å². The summed E-state index contributed by atoms with van der Waals surface area (Å²) in [5, 5.41) is 0. The van der Waals surface area contributed by atoms with Crippen molar-refractivity contribution < 1.29 is 27.4 Å². The minimum Gasteiger partial charge on any atom is -0.493 e. The maximum absolute atomic E-state index is 12.7. The summed E-state index contributed by atoms with van der Waals surface area (Å²) in [5.74, 6) is 0.257. The number of rotatable bonds is 3. The van der Waals surface area contributed by atoms with Crippen LogP contribution < -0.4 is 4.74 Å². The van der Waals surface area contributed by atoms with E-state index in [1.807, 2.05) is 0 Å². The highest BCUT2D eigenvalue weighted by molar-refractivity contribution is 5.68. The number of carbonyl (C=O) groups excluding carboxylic acids is 1. The van der Waals surface area contributed by atoms with Gasteiger partial charge in [0.1, 0.15) is 11.4 Å². The van der Waals surface area contributed by atoms with Crippen LogP contribution in [0.4, 0.5) is 18.0 Å². The van der Waals surface area contributed by atoms with Gasteiger partial charge >= 0.3 is 12.3 Å². The van der Waals surface area contributed by atoms with E-state index in [9.17, 15) is 18.0 Å². The molecule has 1 aliphatic rings. The highest BCUT2D eigenvalue weighted by atomic mass is 19.4. The van der Waals surface area contributed by atoms with E-state index in [0.29, 0.717) is 13.1 Å². The molecule has 1 amide bonds. The van der Waals surface area contributed by atoms with Crippen molar-refractivity contribution >= 4 is 6.09 Å². The molecule has 1 aromatic rings. The number of carbonyl (C=O) groups is 1. The van der Waals surface area contributed by atoms with Crippen molar-refractivity contribution in [2.24, 2.45) is 5.92 Å². The summed E-state index contributed by atoms with van der Waals surface area (Å²) >= 11 is 0. The van der Waals surface area contributed by atoms with Gasteiger partial charge in [0.05, 0.1) is 12.2 Å². The molecule has 1 aromatic carbocycles. The van der Waals surface area contributed by atoms with Crippen LogP contribution in [0, 0.1) is 5.92 Å². The molecule has 7 heteroatoms.